The van der Waals surface area contributed by atoms with Crippen molar-refractivity contribution < 1.29 is 4.74 Å². The van der Waals surface area contributed by atoms with Gasteiger partial charge in [-0.25, -0.2) is 0 Å². The number of para-hydroxylation sites is 1. The van der Waals surface area contributed by atoms with Crippen molar-refractivity contribution in [2.75, 3.05) is 39.8 Å². The van der Waals surface area contributed by atoms with E-state index >= 15 is 0 Å². The predicted octanol–water partition coefficient (Wildman–Crippen LogP) is 3.27. The van der Waals surface area contributed by atoms with Gasteiger partial charge in [-0.15, -0.1) is 24.0 Å². The molecule has 6 heteroatoms. The minimum absolute atomic E-state index is 0. The first-order chi connectivity index (χ1) is 11.7. The molecule has 142 valence electrons. The lowest BCUT2D eigenvalue weighted by Gasteiger charge is -2.18. The zero-order valence-electron chi connectivity index (χ0n) is 15.8. The van der Waals surface area contributed by atoms with Crippen molar-refractivity contribution in [3.8, 4) is 5.75 Å². The zero-order valence-corrected chi connectivity index (χ0v) is 18.1. The fourth-order valence-electron chi connectivity index (χ4n) is 2.39. The van der Waals surface area contributed by atoms with Crippen molar-refractivity contribution in [1.29, 1.82) is 0 Å². The SMILES string of the molecule is C=CCOc1ccccc1CNC(=NC)NCCCN(CC)CC.I. The van der Waals surface area contributed by atoms with E-state index in [1.54, 1.807) is 13.1 Å². The van der Waals surface area contributed by atoms with Gasteiger partial charge >= 0.3 is 0 Å². The normalized spacial score (nSPS) is 11.0. The van der Waals surface area contributed by atoms with Crippen LogP contribution in [0.4, 0.5) is 0 Å². The molecular weight excluding hydrogens is 427 g/mol. The Kier molecular flexibility index (Phi) is 14.2. The summed E-state index contributed by atoms with van der Waals surface area (Å²) in [7, 11) is 1.79. The van der Waals surface area contributed by atoms with E-state index < -0.39 is 0 Å². The molecule has 0 aromatic heterocycles. The fraction of sp³-hybridized carbons (Fsp3) is 0.526. The van der Waals surface area contributed by atoms with Gasteiger partial charge in [-0.2, -0.15) is 0 Å². The Morgan fingerprint density at radius 1 is 1.24 bits per heavy atom. The van der Waals surface area contributed by atoms with Crippen LogP contribution in [0.2, 0.25) is 0 Å². The molecule has 5 nitrogen and oxygen atoms in total. The van der Waals surface area contributed by atoms with Crippen LogP contribution in [-0.4, -0.2) is 50.7 Å². The number of hydrogen-bond acceptors (Lipinski definition) is 3. The predicted molar refractivity (Wildman–Crippen MR) is 118 cm³/mol. The summed E-state index contributed by atoms with van der Waals surface area (Å²) in [6.45, 7) is 13.5. The van der Waals surface area contributed by atoms with Gasteiger partial charge in [-0.05, 0) is 32.1 Å². The first kappa shape index (κ1) is 23.7. The van der Waals surface area contributed by atoms with Crippen LogP contribution in [0.3, 0.4) is 0 Å². The third-order valence-corrected chi connectivity index (χ3v) is 3.84. The molecule has 0 aliphatic rings. The van der Waals surface area contributed by atoms with E-state index in [1.165, 1.54) is 0 Å². The molecule has 1 aromatic carbocycles. The minimum Gasteiger partial charge on any atom is -0.489 e. The van der Waals surface area contributed by atoms with Gasteiger partial charge in [-0.3, -0.25) is 4.99 Å². The van der Waals surface area contributed by atoms with Crippen LogP contribution in [0, 0.1) is 0 Å². The lowest BCUT2D eigenvalue weighted by atomic mass is 10.2. The van der Waals surface area contributed by atoms with Crippen molar-refractivity contribution in [2.24, 2.45) is 4.99 Å². The van der Waals surface area contributed by atoms with E-state index in [0.717, 1.165) is 49.9 Å². The molecule has 25 heavy (non-hydrogen) atoms. The first-order valence-corrected chi connectivity index (χ1v) is 8.73. The number of aliphatic imine (C=N–C) groups is 1. The molecule has 0 radical (unpaired) electrons. The molecule has 0 saturated heterocycles. The number of ether oxygens (including phenoxy) is 1. The van der Waals surface area contributed by atoms with Crippen LogP contribution < -0.4 is 15.4 Å². The Morgan fingerprint density at radius 3 is 2.60 bits per heavy atom. The number of hydrogen-bond donors (Lipinski definition) is 2. The van der Waals surface area contributed by atoms with E-state index in [-0.39, 0.29) is 24.0 Å². The number of rotatable bonds is 11. The molecule has 2 N–H and O–H groups in total. The molecule has 1 aromatic rings. The summed E-state index contributed by atoms with van der Waals surface area (Å²) < 4.78 is 5.68. The van der Waals surface area contributed by atoms with Crippen LogP contribution in [0.1, 0.15) is 25.8 Å². The maximum absolute atomic E-state index is 5.68. The van der Waals surface area contributed by atoms with E-state index in [9.17, 15) is 0 Å². The quantitative estimate of drug-likeness (QED) is 0.175. The Labute approximate surface area is 169 Å². The average Bonchev–Trinajstić information content (AvgIpc) is 2.63. The number of nitrogens with one attached hydrogen (secondary N) is 2. The molecular formula is C19H33IN4O. The van der Waals surface area contributed by atoms with Gasteiger partial charge in [0, 0.05) is 25.7 Å². The van der Waals surface area contributed by atoms with Crippen LogP contribution in [-0.2, 0) is 6.54 Å². The van der Waals surface area contributed by atoms with E-state index in [1.807, 2.05) is 18.2 Å². The van der Waals surface area contributed by atoms with Gasteiger partial charge in [-0.1, -0.05) is 44.7 Å². The molecule has 0 atom stereocenters. The largest absolute Gasteiger partial charge is 0.489 e. The number of benzene rings is 1. The van der Waals surface area contributed by atoms with Gasteiger partial charge in [0.1, 0.15) is 12.4 Å². The van der Waals surface area contributed by atoms with Crippen LogP contribution in [0.15, 0.2) is 41.9 Å². The minimum atomic E-state index is 0. The summed E-state index contributed by atoms with van der Waals surface area (Å²) in [6, 6.07) is 8.01. The monoisotopic (exact) mass is 460 g/mol. The van der Waals surface area contributed by atoms with Gasteiger partial charge < -0.3 is 20.3 Å². The third-order valence-electron chi connectivity index (χ3n) is 3.84. The maximum Gasteiger partial charge on any atom is 0.191 e. The standard InChI is InChI=1S/C19H32N4O.HI/c1-5-15-24-18-12-9-8-11-17(18)16-22-19(20-4)21-13-10-14-23(6-2)7-3;/h5,8-9,11-12H,1,6-7,10,13-16H2,2-4H3,(H2,20,21,22);1H. The molecule has 0 fully saturated rings. The molecule has 0 aliphatic heterocycles. The van der Waals surface area contributed by atoms with Crippen molar-refractivity contribution in [2.45, 2.75) is 26.8 Å². The van der Waals surface area contributed by atoms with Gasteiger partial charge in [0.2, 0.25) is 0 Å². The second-order valence-corrected chi connectivity index (χ2v) is 5.44. The van der Waals surface area contributed by atoms with E-state index in [0.29, 0.717) is 13.2 Å². The van der Waals surface area contributed by atoms with Crippen molar-refractivity contribution >= 4 is 29.9 Å². The summed E-state index contributed by atoms with van der Waals surface area (Å²) in [5.74, 6) is 1.69. The Balaban J connectivity index is 0.00000576. The second-order valence-electron chi connectivity index (χ2n) is 5.44. The Hall–Kier alpha value is -1.28. The molecule has 0 spiro atoms. The summed E-state index contributed by atoms with van der Waals surface area (Å²) in [4.78, 5) is 6.70. The zero-order chi connectivity index (χ0) is 17.6. The topological polar surface area (TPSA) is 48.9 Å². The van der Waals surface area contributed by atoms with Crippen LogP contribution in [0.25, 0.3) is 0 Å². The molecule has 0 bridgehead atoms. The molecule has 0 aliphatic carbocycles. The van der Waals surface area contributed by atoms with Crippen molar-refractivity contribution in [3.05, 3.63) is 42.5 Å². The summed E-state index contributed by atoms with van der Waals surface area (Å²) >= 11 is 0. The highest BCUT2D eigenvalue weighted by Crippen LogP contribution is 2.17. The first-order valence-electron chi connectivity index (χ1n) is 8.73. The lowest BCUT2D eigenvalue weighted by Crippen LogP contribution is -2.38. The smallest absolute Gasteiger partial charge is 0.191 e. The number of nitrogens with zero attached hydrogens (tertiary/aromatic N) is 2. The highest BCUT2D eigenvalue weighted by atomic mass is 127. The number of halogens is 1. The Morgan fingerprint density at radius 2 is 1.96 bits per heavy atom. The lowest BCUT2D eigenvalue weighted by molar-refractivity contribution is 0.300. The molecule has 0 amide bonds. The molecule has 0 heterocycles. The highest BCUT2D eigenvalue weighted by Gasteiger charge is 2.04. The highest BCUT2D eigenvalue weighted by molar-refractivity contribution is 14.0. The summed E-state index contributed by atoms with van der Waals surface area (Å²) in [5.41, 5.74) is 1.10. The van der Waals surface area contributed by atoms with Gasteiger partial charge in [0.15, 0.2) is 5.96 Å². The van der Waals surface area contributed by atoms with Crippen LogP contribution >= 0.6 is 24.0 Å². The third kappa shape index (κ3) is 9.69. The van der Waals surface area contributed by atoms with Gasteiger partial charge in [0.05, 0.1) is 0 Å². The van der Waals surface area contributed by atoms with Crippen LogP contribution in [0.5, 0.6) is 5.75 Å². The van der Waals surface area contributed by atoms with E-state index in [4.69, 9.17) is 4.74 Å². The summed E-state index contributed by atoms with van der Waals surface area (Å²) in [6.07, 6.45) is 2.85. The van der Waals surface area contributed by atoms with Gasteiger partial charge in [0.25, 0.3) is 0 Å². The molecule has 1 rings (SSSR count). The van der Waals surface area contributed by atoms with Crippen molar-refractivity contribution in [1.82, 2.24) is 15.5 Å². The molecule has 0 saturated carbocycles. The second kappa shape index (κ2) is 15.0. The Bertz CT molecular complexity index is 504. The fourth-order valence-corrected chi connectivity index (χ4v) is 2.39. The number of guanidine groups is 1. The summed E-state index contributed by atoms with van der Waals surface area (Å²) in [5, 5.41) is 6.70. The molecule has 0 unspecified atom stereocenters. The van der Waals surface area contributed by atoms with E-state index in [2.05, 4.69) is 47.0 Å². The van der Waals surface area contributed by atoms with Crippen molar-refractivity contribution in [3.63, 3.8) is 0 Å². The maximum atomic E-state index is 5.68. The average molecular weight is 460 g/mol.